The van der Waals surface area contributed by atoms with E-state index in [1.54, 1.807) is 6.07 Å². The van der Waals surface area contributed by atoms with E-state index in [0.29, 0.717) is 18.1 Å². The molecule has 0 radical (unpaired) electrons. The van der Waals surface area contributed by atoms with Crippen LogP contribution in [0, 0.1) is 0 Å². The van der Waals surface area contributed by atoms with Crippen molar-refractivity contribution in [2.75, 3.05) is 13.6 Å². The molecule has 0 saturated carbocycles. The molecule has 0 amide bonds. The molecule has 0 bridgehead atoms. The highest BCUT2D eigenvalue weighted by atomic mass is 16.5. The van der Waals surface area contributed by atoms with Gasteiger partial charge in [-0.3, -0.25) is 0 Å². The Morgan fingerprint density at radius 1 is 1.53 bits per heavy atom. The average molecular weight is 209 g/mol. The van der Waals surface area contributed by atoms with E-state index in [2.05, 4.69) is 14.7 Å². The van der Waals surface area contributed by atoms with Crippen LogP contribution < -0.4 is 4.74 Å². The summed E-state index contributed by atoms with van der Waals surface area (Å²) < 4.78 is 31.0. The Bertz CT molecular complexity index is 466. The Balaban J connectivity index is 2.14. The second-order valence-corrected chi connectivity index (χ2v) is 4.01. The number of hydrogen-bond acceptors (Lipinski definition) is 4. The summed E-state index contributed by atoms with van der Waals surface area (Å²) in [4.78, 5) is 8.31. The van der Waals surface area contributed by atoms with Crippen molar-refractivity contribution in [1.82, 2.24) is 4.98 Å². The van der Waals surface area contributed by atoms with E-state index in [4.69, 9.17) is 8.85 Å². The van der Waals surface area contributed by atoms with Crippen molar-refractivity contribution in [1.29, 1.82) is 0 Å². The molecule has 0 aliphatic carbocycles. The monoisotopic (exact) mass is 209 g/mol. The molecule has 80 valence electrons. The third-order valence-corrected chi connectivity index (χ3v) is 2.05. The first-order chi connectivity index (χ1) is 8.25. The number of aromatic nitrogens is 1. The Labute approximate surface area is 93.2 Å². The van der Waals surface area contributed by atoms with E-state index in [0.717, 1.165) is 0 Å². The van der Waals surface area contributed by atoms with Gasteiger partial charge in [-0.1, -0.05) is 0 Å². The molecule has 0 unspecified atom stereocenters. The molecule has 15 heavy (non-hydrogen) atoms. The number of hydrogen-bond donors (Lipinski definition) is 0. The van der Waals surface area contributed by atoms with Gasteiger partial charge in [0.05, 0.1) is 22.3 Å². The highest BCUT2D eigenvalue weighted by molar-refractivity contribution is 5.95. The van der Waals surface area contributed by atoms with Crippen LogP contribution in [0.2, 0.25) is 0 Å². The van der Waals surface area contributed by atoms with Crippen molar-refractivity contribution >= 4 is 5.90 Å². The first-order valence-corrected chi connectivity index (χ1v) is 4.63. The first kappa shape index (κ1) is 6.82. The van der Waals surface area contributed by atoms with Gasteiger partial charge >= 0.3 is 0 Å². The van der Waals surface area contributed by atoms with Crippen molar-refractivity contribution in [2.45, 2.75) is 19.4 Å². The molecule has 4 nitrogen and oxygen atoms in total. The zero-order valence-corrected chi connectivity index (χ0v) is 8.65. The minimum atomic E-state index is -2.49. The summed E-state index contributed by atoms with van der Waals surface area (Å²) in [6.45, 7) is 4.47. The van der Waals surface area contributed by atoms with Crippen LogP contribution in [0.4, 0.5) is 0 Å². The summed E-state index contributed by atoms with van der Waals surface area (Å²) in [6.07, 6.45) is 1.49. The number of ether oxygens (including phenoxy) is 2. The van der Waals surface area contributed by atoms with Crippen molar-refractivity contribution in [2.24, 2.45) is 4.99 Å². The molecule has 2 rings (SSSR count). The molecule has 1 aromatic heterocycles. The van der Waals surface area contributed by atoms with Crippen LogP contribution in [-0.2, 0) is 4.74 Å². The molecule has 1 aliphatic heterocycles. The van der Waals surface area contributed by atoms with Crippen LogP contribution >= 0.6 is 0 Å². The zero-order chi connectivity index (χ0) is 13.4. The van der Waals surface area contributed by atoms with Gasteiger partial charge in [0.2, 0.25) is 11.8 Å². The van der Waals surface area contributed by atoms with E-state index in [9.17, 15) is 0 Å². The minimum absolute atomic E-state index is 0.0524. The molecule has 1 aliphatic rings. The summed E-state index contributed by atoms with van der Waals surface area (Å²) in [5, 5.41) is 0. The Morgan fingerprint density at radius 2 is 2.40 bits per heavy atom. The predicted octanol–water partition coefficient (Wildman–Crippen LogP) is 1.65. The molecular formula is C11H14N2O2. The molecule has 4 heteroatoms. The van der Waals surface area contributed by atoms with E-state index in [-0.39, 0.29) is 11.4 Å². The SMILES string of the molecule is [2H]C([2H])([2H])Oc1ccc(C2=NC(C)(C)CO2)cn1. The lowest BCUT2D eigenvalue weighted by Crippen LogP contribution is -2.17. The number of pyridine rings is 1. The van der Waals surface area contributed by atoms with Gasteiger partial charge in [-0.05, 0) is 19.9 Å². The number of aliphatic imine (C=N–C) groups is 1. The highest BCUT2D eigenvalue weighted by Crippen LogP contribution is 2.20. The summed E-state index contributed by atoms with van der Waals surface area (Å²) in [7, 11) is -2.49. The van der Waals surface area contributed by atoms with Crippen LogP contribution in [0.5, 0.6) is 5.88 Å². The van der Waals surface area contributed by atoms with Crippen LogP contribution in [-0.4, -0.2) is 30.1 Å². The maximum atomic E-state index is 6.96. The Kier molecular flexibility index (Phi) is 1.61. The maximum Gasteiger partial charge on any atom is 0.218 e. The molecule has 0 spiro atoms. The van der Waals surface area contributed by atoms with Crippen molar-refractivity contribution in [3.05, 3.63) is 23.9 Å². The van der Waals surface area contributed by atoms with Gasteiger partial charge in [-0.15, -0.1) is 0 Å². The predicted molar refractivity (Wildman–Crippen MR) is 57.4 cm³/mol. The van der Waals surface area contributed by atoms with Crippen LogP contribution in [0.15, 0.2) is 23.3 Å². The standard InChI is InChI=1S/C11H14N2O2/c1-11(2)7-15-10(13-11)8-4-5-9(14-3)12-6-8/h4-6H,7H2,1-3H3/i3D3. The largest absolute Gasteiger partial charge is 0.481 e. The van der Waals surface area contributed by atoms with Crippen LogP contribution in [0.1, 0.15) is 23.5 Å². The minimum Gasteiger partial charge on any atom is -0.481 e. The quantitative estimate of drug-likeness (QED) is 0.743. The lowest BCUT2D eigenvalue weighted by Gasteiger charge is -2.07. The third kappa shape index (κ3) is 2.09. The van der Waals surface area contributed by atoms with E-state index in [1.807, 2.05) is 13.8 Å². The summed E-state index contributed by atoms with van der Waals surface area (Å²) in [5.41, 5.74) is 0.474. The molecule has 0 aromatic carbocycles. The van der Waals surface area contributed by atoms with Gasteiger partial charge in [-0.25, -0.2) is 9.98 Å². The topological polar surface area (TPSA) is 43.7 Å². The normalized spacial score (nSPS) is 22.0. The zero-order valence-electron chi connectivity index (χ0n) is 11.7. The first-order valence-electron chi connectivity index (χ1n) is 6.13. The molecule has 0 atom stereocenters. The van der Waals surface area contributed by atoms with E-state index < -0.39 is 7.04 Å². The molecule has 2 heterocycles. The lowest BCUT2D eigenvalue weighted by atomic mass is 10.1. The van der Waals surface area contributed by atoms with Crippen LogP contribution in [0.3, 0.4) is 0 Å². The van der Waals surface area contributed by atoms with Gasteiger partial charge in [-0.2, -0.15) is 0 Å². The number of nitrogens with zero attached hydrogens (tertiary/aromatic N) is 2. The lowest BCUT2D eigenvalue weighted by molar-refractivity contribution is 0.279. The number of methoxy groups -OCH3 is 1. The second-order valence-electron chi connectivity index (χ2n) is 4.01. The molecule has 1 aromatic rings. The van der Waals surface area contributed by atoms with Crippen molar-refractivity contribution in [3.63, 3.8) is 0 Å². The van der Waals surface area contributed by atoms with Gasteiger partial charge < -0.3 is 9.47 Å². The summed E-state index contributed by atoms with van der Waals surface area (Å²) in [5.74, 6) is 0.574. The highest BCUT2D eigenvalue weighted by Gasteiger charge is 2.26. The van der Waals surface area contributed by atoms with Gasteiger partial charge in [0.25, 0.3) is 0 Å². The molecule has 0 fully saturated rings. The van der Waals surface area contributed by atoms with Gasteiger partial charge in [0.15, 0.2) is 0 Å². The summed E-state index contributed by atoms with van der Waals surface area (Å²) >= 11 is 0. The third-order valence-electron chi connectivity index (χ3n) is 2.05. The fraction of sp³-hybridized carbons (Fsp3) is 0.455. The van der Waals surface area contributed by atoms with Gasteiger partial charge in [0, 0.05) is 12.3 Å². The average Bonchev–Trinajstić information content (AvgIpc) is 2.57. The fourth-order valence-electron chi connectivity index (χ4n) is 1.30. The van der Waals surface area contributed by atoms with E-state index in [1.165, 1.54) is 12.3 Å². The summed E-state index contributed by atoms with van der Waals surface area (Å²) in [6, 6.07) is 3.16. The van der Waals surface area contributed by atoms with Crippen molar-refractivity contribution < 1.29 is 13.6 Å². The van der Waals surface area contributed by atoms with Crippen LogP contribution in [0.25, 0.3) is 0 Å². The number of rotatable bonds is 2. The molecule has 0 N–H and O–H groups in total. The van der Waals surface area contributed by atoms with Gasteiger partial charge in [0.1, 0.15) is 6.61 Å². The van der Waals surface area contributed by atoms with E-state index >= 15 is 0 Å². The maximum absolute atomic E-state index is 6.96. The van der Waals surface area contributed by atoms with Crippen molar-refractivity contribution in [3.8, 4) is 5.88 Å². The molecule has 0 saturated heterocycles. The second kappa shape index (κ2) is 3.53. The Morgan fingerprint density at radius 3 is 2.93 bits per heavy atom. The smallest absolute Gasteiger partial charge is 0.218 e. The Hall–Kier alpha value is -1.58. The fourth-order valence-corrected chi connectivity index (χ4v) is 1.30. The molecular weight excluding hydrogens is 192 g/mol.